The monoisotopic (exact) mass is 206 g/mol. The number of rotatable bonds is 6. The van der Waals surface area contributed by atoms with Gasteiger partial charge in [-0.25, -0.2) is 0 Å². The minimum absolute atomic E-state index is 0.398. The average Bonchev–Trinajstić information content (AvgIpc) is 2.29. The van der Waals surface area contributed by atoms with Gasteiger partial charge in [-0.05, 0) is 31.4 Å². The highest BCUT2D eigenvalue weighted by Gasteiger charge is 2.10. The highest BCUT2D eigenvalue weighted by atomic mass is 14.9. The van der Waals surface area contributed by atoms with Gasteiger partial charge in [-0.1, -0.05) is 26.3 Å². The van der Waals surface area contributed by atoms with E-state index < -0.39 is 0 Å². The standard InChI is InChI=1S/C13H22N2/c1-4-7-13(5-2)15-11(3)12-8-6-9-14-10-12/h6,8-11,13,15H,4-5,7H2,1-3H3. The van der Waals surface area contributed by atoms with Crippen molar-refractivity contribution in [2.75, 3.05) is 0 Å². The molecule has 15 heavy (non-hydrogen) atoms. The Morgan fingerprint density at radius 1 is 1.40 bits per heavy atom. The highest BCUT2D eigenvalue weighted by Crippen LogP contribution is 2.13. The summed E-state index contributed by atoms with van der Waals surface area (Å²) < 4.78 is 0. The van der Waals surface area contributed by atoms with E-state index in [0.717, 1.165) is 0 Å². The van der Waals surface area contributed by atoms with Crippen molar-refractivity contribution in [3.63, 3.8) is 0 Å². The molecule has 1 N–H and O–H groups in total. The number of pyridine rings is 1. The second kappa shape index (κ2) is 6.57. The van der Waals surface area contributed by atoms with Gasteiger partial charge in [0.2, 0.25) is 0 Å². The number of hydrogen-bond donors (Lipinski definition) is 1. The molecule has 0 fully saturated rings. The van der Waals surface area contributed by atoms with E-state index in [1.165, 1.54) is 24.8 Å². The number of nitrogens with one attached hydrogen (secondary N) is 1. The molecular formula is C13H22N2. The van der Waals surface area contributed by atoms with E-state index in [1.54, 1.807) is 0 Å². The number of nitrogens with zero attached hydrogens (tertiary/aromatic N) is 1. The molecule has 2 atom stereocenters. The van der Waals surface area contributed by atoms with Gasteiger partial charge in [-0.2, -0.15) is 0 Å². The van der Waals surface area contributed by atoms with Gasteiger partial charge < -0.3 is 5.32 Å². The van der Waals surface area contributed by atoms with Crippen LogP contribution in [0.3, 0.4) is 0 Å². The summed E-state index contributed by atoms with van der Waals surface area (Å²) in [7, 11) is 0. The molecule has 2 nitrogen and oxygen atoms in total. The van der Waals surface area contributed by atoms with E-state index in [-0.39, 0.29) is 0 Å². The van der Waals surface area contributed by atoms with Crippen molar-refractivity contribution >= 4 is 0 Å². The summed E-state index contributed by atoms with van der Waals surface area (Å²) in [6, 6.07) is 5.15. The lowest BCUT2D eigenvalue weighted by Gasteiger charge is -2.21. The Hall–Kier alpha value is -0.890. The smallest absolute Gasteiger partial charge is 0.0315 e. The van der Waals surface area contributed by atoms with Gasteiger partial charge in [-0.15, -0.1) is 0 Å². The van der Waals surface area contributed by atoms with Crippen LogP contribution in [0.5, 0.6) is 0 Å². The second-order valence-electron chi connectivity index (χ2n) is 4.07. The predicted molar refractivity (Wildman–Crippen MR) is 64.8 cm³/mol. The van der Waals surface area contributed by atoms with E-state index in [4.69, 9.17) is 0 Å². The van der Waals surface area contributed by atoms with Crippen molar-refractivity contribution in [2.45, 2.75) is 52.1 Å². The van der Waals surface area contributed by atoms with Crippen LogP contribution in [0.1, 0.15) is 51.6 Å². The third-order valence-electron chi connectivity index (χ3n) is 2.80. The lowest BCUT2D eigenvalue weighted by Crippen LogP contribution is -2.30. The molecule has 0 bridgehead atoms. The number of aromatic nitrogens is 1. The maximum Gasteiger partial charge on any atom is 0.0315 e. The predicted octanol–water partition coefficient (Wildman–Crippen LogP) is 3.31. The Labute approximate surface area is 93.1 Å². The average molecular weight is 206 g/mol. The molecule has 84 valence electrons. The fourth-order valence-electron chi connectivity index (χ4n) is 1.84. The zero-order valence-electron chi connectivity index (χ0n) is 10.0. The molecule has 0 amide bonds. The molecule has 2 unspecified atom stereocenters. The Balaban J connectivity index is 2.50. The SMILES string of the molecule is CCCC(CC)NC(C)c1cccnc1. The van der Waals surface area contributed by atoms with Crippen LogP contribution < -0.4 is 5.32 Å². The Kier molecular flexibility index (Phi) is 5.33. The van der Waals surface area contributed by atoms with Crippen molar-refractivity contribution < 1.29 is 0 Å². The maximum atomic E-state index is 4.14. The molecule has 1 aromatic rings. The van der Waals surface area contributed by atoms with Crippen molar-refractivity contribution in [3.05, 3.63) is 30.1 Å². The van der Waals surface area contributed by atoms with Crippen LogP contribution >= 0.6 is 0 Å². The lowest BCUT2D eigenvalue weighted by atomic mass is 10.1. The fourth-order valence-corrected chi connectivity index (χ4v) is 1.84. The van der Waals surface area contributed by atoms with Crippen LogP contribution in [0.15, 0.2) is 24.5 Å². The fraction of sp³-hybridized carbons (Fsp3) is 0.615. The first-order chi connectivity index (χ1) is 7.27. The van der Waals surface area contributed by atoms with E-state index in [1.807, 2.05) is 18.5 Å². The molecule has 0 aromatic carbocycles. The summed E-state index contributed by atoms with van der Waals surface area (Å²) in [5.74, 6) is 0. The van der Waals surface area contributed by atoms with E-state index in [2.05, 4.69) is 37.1 Å². The minimum atomic E-state index is 0.398. The molecule has 0 aliphatic carbocycles. The molecule has 0 saturated heterocycles. The van der Waals surface area contributed by atoms with E-state index in [9.17, 15) is 0 Å². The van der Waals surface area contributed by atoms with Gasteiger partial charge in [0, 0.05) is 24.5 Å². The summed E-state index contributed by atoms with van der Waals surface area (Å²) in [5.41, 5.74) is 1.27. The molecule has 1 rings (SSSR count). The number of hydrogen-bond acceptors (Lipinski definition) is 2. The molecule has 2 heteroatoms. The first-order valence-electron chi connectivity index (χ1n) is 5.93. The quantitative estimate of drug-likeness (QED) is 0.772. The van der Waals surface area contributed by atoms with Gasteiger partial charge in [0.15, 0.2) is 0 Å². The normalized spacial score (nSPS) is 14.9. The first kappa shape index (κ1) is 12.2. The largest absolute Gasteiger partial charge is 0.307 e. The highest BCUT2D eigenvalue weighted by molar-refractivity contribution is 5.12. The van der Waals surface area contributed by atoms with E-state index in [0.29, 0.717) is 12.1 Å². The zero-order chi connectivity index (χ0) is 11.1. The van der Waals surface area contributed by atoms with Crippen LogP contribution in [-0.4, -0.2) is 11.0 Å². The van der Waals surface area contributed by atoms with Gasteiger partial charge in [-0.3, -0.25) is 4.98 Å². The van der Waals surface area contributed by atoms with E-state index >= 15 is 0 Å². The Morgan fingerprint density at radius 2 is 2.20 bits per heavy atom. The van der Waals surface area contributed by atoms with Crippen LogP contribution in [0.4, 0.5) is 0 Å². The van der Waals surface area contributed by atoms with Crippen molar-refractivity contribution in [1.82, 2.24) is 10.3 Å². The van der Waals surface area contributed by atoms with Crippen molar-refractivity contribution in [1.29, 1.82) is 0 Å². The molecule has 1 heterocycles. The van der Waals surface area contributed by atoms with Gasteiger partial charge in [0.05, 0.1) is 0 Å². The second-order valence-corrected chi connectivity index (χ2v) is 4.07. The van der Waals surface area contributed by atoms with Gasteiger partial charge >= 0.3 is 0 Å². The molecule has 0 aliphatic rings. The zero-order valence-corrected chi connectivity index (χ0v) is 10.0. The van der Waals surface area contributed by atoms with Crippen molar-refractivity contribution in [3.8, 4) is 0 Å². The van der Waals surface area contributed by atoms with Crippen molar-refractivity contribution in [2.24, 2.45) is 0 Å². The minimum Gasteiger partial charge on any atom is -0.307 e. The van der Waals surface area contributed by atoms with Crippen LogP contribution in [-0.2, 0) is 0 Å². The van der Waals surface area contributed by atoms with Crippen LogP contribution in [0.2, 0.25) is 0 Å². The summed E-state index contributed by atoms with van der Waals surface area (Å²) in [5, 5.41) is 3.64. The molecule has 0 radical (unpaired) electrons. The Morgan fingerprint density at radius 3 is 2.73 bits per heavy atom. The first-order valence-corrected chi connectivity index (χ1v) is 5.93. The maximum absolute atomic E-state index is 4.14. The van der Waals surface area contributed by atoms with Gasteiger partial charge in [0.25, 0.3) is 0 Å². The lowest BCUT2D eigenvalue weighted by molar-refractivity contribution is 0.416. The Bertz CT molecular complexity index is 258. The molecular weight excluding hydrogens is 184 g/mol. The summed E-state index contributed by atoms with van der Waals surface area (Å²) in [4.78, 5) is 4.14. The van der Waals surface area contributed by atoms with Gasteiger partial charge in [0.1, 0.15) is 0 Å². The molecule has 0 aliphatic heterocycles. The topological polar surface area (TPSA) is 24.9 Å². The molecule has 0 spiro atoms. The summed E-state index contributed by atoms with van der Waals surface area (Å²) >= 11 is 0. The van der Waals surface area contributed by atoms with Crippen LogP contribution in [0, 0.1) is 0 Å². The third kappa shape index (κ3) is 4.00. The molecule has 0 saturated carbocycles. The van der Waals surface area contributed by atoms with Crippen LogP contribution in [0.25, 0.3) is 0 Å². The summed E-state index contributed by atoms with van der Waals surface area (Å²) in [6.07, 6.45) is 7.45. The third-order valence-corrected chi connectivity index (χ3v) is 2.80. The summed E-state index contributed by atoms with van der Waals surface area (Å²) in [6.45, 7) is 6.68. The molecule has 1 aromatic heterocycles.